The fourth-order valence-electron chi connectivity index (χ4n) is 2.42. The molecule has 18 heavy (non-hydrogen) atoms. The molecule has 0 bridgehead atoms. The highest BCUT2D eigenvalue weighted by Crippen LogP contribution is 2.10. The van der Waals surface area contributed by atoms with Gasteiger partial charge in [0.05, 0.1) is 0 Å². The second kappa shape index (κ2) is 4.94. The van der Waals surface area contributed by atoms with Gasteiger partial charge >= 0.3 is 0 Å². The minimum Gasteiger partial charge on any atom is -0.353 e. The molecule has 2 aromatic rings. The molecule has 1 saturated heterocycles. The fraction of sp³-hybridized carbons (Fsp3) is 0.538. The van der Waals surface area contributed by atoms with E-state index in [-0.39, 0.29) is 0 Å². The van der Waals surface area contributed by atoms with E-state index >= 15 is 0 Å². The summed E-state index contributed by atoms with van der Waals surface area (Å²) < 4.78 is 1.82. The Morgan fingerprint density at radius 2 is 2.44 bits per heavy atom. The summed E-state index contributed by atoms with van der Waals surface area (Å²) in [6, 6.07) is 4.71. The minimum absolute atomic E-state index is 0.664. The van der Waals surface area contributed by atoms with Crippen molar-refractivity contribution in [1.29, 1.82) is 0 Å². The molecule has 1 aliphatic rings. The smallest absolute Gasteiger partial charge is 0.243 e. The van der Waals surface area contributed by atoms with Crippen LogP contribution in [0.25, 0.3) is 5.65 Å². The van der Waals surface area contributed by atoms with Crippen LogP contribution < -0.4 is 10.6 Å². The average Bonchev–Trinajstić information content (AvgIpc) is 2.97. The molecule has 1 aliphatic heterocycles. The van der Waals surface area contributed by atoms with E-state index in [0.717, 1.165) is 31.1 Å². The zero-order chi connectivity index (χ0) is 12.4. The quantitative estimate of drug-likeness (QED) is 0.859. The summed E-state index contributed by atoms with van der Waals surface area (Å²) in [4.78, 5) is 4.44. The topological polar surface area (TPSA) is 54.2 Å². The summed E-state index contributed by atoms with van der Waals surface area (Å²) in [5.74, 6) is 0.721. The van der Waals surface area contributed by atoms with Crippen LogP contribution in [0.5, 0.6) is 0 Å². The number of nitrogens with one attached hydrogen (secondary N) is 2. The Kier molecular flexibility index (Phi) is 3.15. The molecule has 0 spiro atoms. The van der Waals surface area contributed by atoms with E-state index in [1.807, 2.05) is 16.8 Å². The van der Waals surface area contributed by atoms with Crippen molar-refractivity contribution in [1.82, 2.24) is 19.9 Å². The lowest BCUT2D eigenvalue weighted by Crippen LogP contribution is -2.24. The highest BCUT2D eigenvalue weighted by molar-refractivity contribution is 5.44. The minimum atomic E-state index is 0.664. The first-order valence-corrected chi connectivity index (χ1v) is 6.61. The van der Waals surface area contributed by atoms with Crippen molar-refractivity contribution in [2.24, 2.45) is 0 Å². The van der Waals surface area contributed by atoms with Gasteiger partial charge in [-0.2, -0.15) is 4.98 Å². The molecular formula is C13H19N5. The molecule has 0 amide bonds. The zero-order valence-corrected chi connectivity index (χ0v) is 10.7. The summed E-state index contributed by atoms with van der Waals surface area (Å²) in [5, 5.41) is 11.2. The summed E-state index contributed by atoms with van der Waals surface area (Å²) in [6.07, 6.45) is 5.72. The van der Waals surface area contributed by atoms with Crippen LogP contribution in [0.3, 0.4) is 0 Å². The number of hydrogen-bond acceptors (Lipinski definition) is 4. The van der Waals surface area contributed by atoms with Gasteiger partial charge in [-0.3, -0.25) is 0 Å². The summed E-state index contributed by atoms with van der Waals surface area (Å²) in [7, 11) is 0. The molecule has 0 saturated carbocycles. The van der Waals surface area contributed by atoms with Gasteiger partial charge in [0.2, 0.25) is 5.95 Å². The van der Waals surface area contributed by atoms with Crippen LogP contribution in [-0.4, -0.2) is 33.7 Å². The predicted octanol–water partition coefficient (Wildman–Crippen LogP) is 1.59. The summed E-state index contributed by atoms with van der Waals surface area (Å²) >= 11 is 0. The maximum atomic E-state index is 4.44. The van der Waals surface area contributed by atoms with Gasteiger partial charge in [0.15, 0.2) is 5.65 Å². The number of anilines is 1. The normalized spacial score (nSPS) is 19.5. The highest BCUT2D eigenvalue weighted by atomic mass is 15.3. The van der Waals surface area contributed by atoms with Crippen molar-refractivity contribution in [3.8, 4) is 0 Å². The Labute approximate surface area is 107 Å². The largest absolute Gasteiger partial charge is 0.353 e. The number of aryl methyl sites for hydroxylation is 1. The van der Waals surface area contributed by atoms with Crippen LogP contribution in [0.2, 0.25) is 0 Å². The van der Waals surface area contributed by atoms with E-state index in [0.29, 0.717) is 6.04 Å². The van der Waals surface area contributed by atoms with Gasteiger partial charge in [-0.05, 0) is 44.4 Å². The molecule has 0 unspecified atom stereocenters. The molecule has 0 aliphatic carbocycles. The van der Waals surface area contributed by atoms with Gasteiger partial charge in [0.1, 0.15) is 0 Å². The Bertz CT molecular complexity index is 527. The van der Waals surface area contributed by atoms with E-state index in [4.69, 9.17) is 0 Å². The second-order valence-electron chi connectivity index (χ2n) is 4.95. The third kappa shape index (κ3) is 2.46. The third-order valence-electron chi connectivity index (χ3n) is 3.42. The first kappa shape index (κ1) is 11.5. The number of fused-ring (bicyclic) bond motifs is 1. The lowest BCUT2D eigenvalue weighted by Gasteiger charge is -2.09. The van der Waals surface area contributed by atoms with Crippen molar-refractivity contribution in [3.63, 3.8) is 0 Å². The van der Waals surface area contributed by atoms with Crippen molar-refractivity contribution < 1.29 is 0 Å². The van der Waals surface area contributed by atoms with Gasteiger partial charge in [-0.15, -0.1) is 5.10 Å². The zero-order valence-electron chi connectivity index (χ0n) is 10.7. The number of pyridine rings is 1. The number of rotatable bonds is 4. The van der Waals surface area contributed by atoms with Crippen molar-refractivity contribution in [2.45, 2.75) is 32.2 Å². The van der Waals surface area contributed by atoms with Crippen LogP contribution in [0.4, 0.5) is 5.95 Å². The molecule has 5 nitrogen and oxygen atoms in total. The summed E-state index contributed by atoms with van der Waals surface area (Å²) in [5.41, 5.74) is 2.08. The number of aromatic nitrogens is 3. The number of hydrogen-bond donors (Lipinski definition) is 2. The Hall–Kier alpha value is -1.62. The second-order valence-corrected chi connectivity index (χ2v) is 4.95. The third-order valence-corrected chi connectivity index (χ3v) is 3.42. The molecular weight excluding hydrogens is 226 g/mol. The fourth-order valence-corrected chi connectivity index (χ4v) is 2.42. The molecule has 0 radical (unpaired) electrons. The molecule has 3 rings (SSSR count). The molecule has 5 heteroatoms. The van der Waals surface area contributed by atoms with Crippen LogP contribution >= 0.6 is 0 Å². The predicted molar refractivity (Wildman–Crippen MR) is 71.9 cm³/mol. The lowest BCUT2D eigenvalue weighted by molar-refractivity contribution is 0.573. The van der Waals surface area contributed by atoms with Gasteiger partial charge in [0, 0.05) is 18.8 Å². The van der Waals surface area contributed by atoms with E-state index in [1.54, 1.807) is 0 Å². The van der Waals surface area contributed by atoms with Gasteiger partial charge in [-0.25, -0.2) is 4.52 Å². The van der Waals surface area contributed by atoms with Crippen LogP contribution in [0.15, 0.2) is 18.3 Å². The monoisotopic (exact) mass is 245 g/mol. The molecule has 2 aromatic heterocycles. The Morgan fingerprint density at radius 1 is 1.50 bits per heavy atom. The Balaban J connectivity index is 1.60. The maximum absolute atomic E-state index is 4.44. The standard InChI is InChI=1S/C13H19N5/c1-10-4-5-12-16-13(17-18(12)9-10)15-8-6-11-3-2-7-14-11/h4-5,9,11,14H,2-3,6-8H2,1H3,(H,15,17)/t11-/m0/s1. The van der Waals surface area contributed by atoms with E-state index in [1.165, 1.54) is 18.4 Å². The highest BCUT2D eigenvalue weighted by Gasteiger charge is 2.13. The molecule has 1 fully saturated rings. The number of nitrogens with zero attached hydrogens (tertiary/aromatic N) is 3. The van der Waals surface area contributed by atoms with Crippen LogP contribution in [0, 0.1) is 6.92 Å². The molecule has 3 heterocycles. The lowest BCUT2D eigenvalue weighted by atomic mass is 10.2. The van der Waals surface area contributed by atoms with Crippen molar-refractivity contribution >= 4 is 11.6 Å². The first-order valence-electron chi connectivity index (χ1n) is 6.61. The molecule has 2 N–H and O–H groups in total. The van der Waals surface area contributed by atoms with E-state index in [9.17, 15) is 0 Å². The van der Waals surface area contributed by atoms with Crippen LogP contribution in [0.1, 0.15) is 24.8 Å². The van der Waals surface area contributed by atoms with Gasteiger partial charge < -0.3 is 10.6 Å². The first-order chi connectivity index (χ1) is 8.81. The molecule has 0 aromatic carbocycles. The van der Waals surface area contributed by atoms with Crippen molar-refractivity contribution in [3.05, 3.63) is 23.9 Å². The summed E-state index contributed by atoms with van der Waals surface area (Å²) in [6.45, 7) is 4.14. The molecule has 1 atom stereocenters. The SMILES string of the molecule is Cc1ccc2nc(NCC[C@@H]3CCCN3)nn2c1. The van der Waals surface area contributed by atoms with Crippen molar-refractivity contribution in [2.75, 3.05) is 18.4 Å². The van der Waals surface area contributed by atoms with E-state index in [2.05, 4.69) is 33.7 Å². The average molecular weight is 245 g/mol. The maximum Gasteiger partial charge on any atom is 0.243 e. The van der Waals surface area contributed by atoms with E-state index < -0.39 is 0 Å². The molecule has 96 valence electrons. The van der Waals surface area contributed by atoms with Gasteiger partial charge in [0.25, 0.3) is 0 Å². The van der Waals surface area contributed by atoms with Crippen LogP contribution in [-0.2, 0) is 0 Å². The van der Waals surface area contributed by atoms with Gasteiger partial charge in [-0.1, -0.05) is 6.07 Å². The Morgan fingerprint density at radius 3 is 3.28 bits per heavy atom.